The smallest absolute Gasteiger partial charge is 0.354 e. The molecular weight excluding hydrogens is 373 g/mol. The molecule has 1 fully saturated rings. The molecule has 3 rings (SSSR count). The molecule has 0 N–H and O–H groups in total. The number of esters is 1. The Balaban J connectivity index is 1.72. The van der Waals surface area contributed by atoms with E-state index >= 15 is 0 Å². The van der Waals surface area contributed by atoms with Crippen molar-refractivity contribution in [2.75, 3.05) is 37.7 Å². The maximum Gasteiger partial charge on any atom is 0.354 e. The third kappa shape index (κ3) is 3.98. The first-order chi connectivity index (χ1) is 12.8. The molecule has 0 bridgehead atoms. The molecule has 1 aromatic heterocycles. The third-order valence-electron chi connectivity index (χ3n) is 4.53. The summed E-state index contributed by atoms with van der Waals surface area (Å²) in [5, 5.41) is 0. The minimum absolute atomic E-state index is 0.0725. The standard InChI is InChI=1S/C18H22FN3O4S/c1-3-26-18(23)17-12-16(13-20(17)2)27(24,25)22-10-8-21(9-11-22)15-6-4-14(19)5-7-15/h4-7,12-13H,3,8-11H2,1-2H3. The first-order valence-corrected chi connectivity index (χ1v) is 10.1. The number of piperazine rings is 1. The molecule has 0 amide bonds. The fraction of sp³-hybridized carbons (Fsp3) is 0.389. The molecule has 0 unspecified atom stereocenters. The summed E-state index contributed by atoms with van der Waals surface area (Å²) in [5.41, 5.74) is 1.05. The molecule has 27 heavy (non-hydrogen) atoms. The van der Waals surface area contributed by atoms with Gasteiger partial charge in [-0.05, 0) is 37.3 Å². The summed E-state index contributed by atoms with van der Waals surface area (Å²) in [4.78, 5) is 14.0. The predicted molar refractivity (Wildman–Crippen MR) is 98.7 cm³/mol. The first kappa shape index (κ1) is 19.4. The number of carbonyl (C=O) groups is 1. The fourth-order valence-electron chi connectivity index (χ4n) is 3.07. The molecule has 1 aromatic carbocycles. The molecule has 2 aromatic rings. The SMILES string of the molecule is CCOC(=O)c1cc(S(=O)(=O)N2CCN(c3ccc(F)cc3)CC2)cn1C. The second kappa shape index (κ2) is 7.69. The van der Waals surface area contributed by atoms with Crippen molar-refractivity contribution in [3.8, 4) is 0 Å². The summed E-state index contributed by atoms with van der Waals surface area (Å²) < 4.78 is 46.7. The van der Waals surface area contributed by atoms with E-state index in [9.17, 15) is 17.6 Å². The molecular formula is C18H22FN3O4S. The predicted octanol–water partition coefficient (Wildman–Crippen LogP) is 1.85. The summed E-state index contributed by atoms with van der Waals surface area (Å²) >= 11 is 0. The lowest BCUT2D eigenvalue weighted by molar-refractivity contribution is 0.0515. The average Bonchev–Trinajstić information content (AvgIpc) is 3.05. The number of rotatable bonds is 5. The highest BCUT2D eigenvalue weighted by Gasteiger charge is 2.30. The summed E-state index contributed by atoms with van der Waals surface area (Å²) in [6.07, 6.45) is 1.42. The van der Waals surface area contributed by atoms with Gasteiger partial charge in [0.2, 0.25) is 10.0 Å². The van der Waals surface area contributed by atoms with E-state index in [1.165, 1.54) is 33.3 Å². The number of halogens is 1. The summed E-state index contributed by atoms with van der Waals surface area (Å²) in [5.74, 6) is -0.857. The molecule has 2 heterocycles. The van der Waals surface area contributed by atoms with E-state index < -0.39 is 16.0 Å². The van der Waals surface area contributed by atoms with E-state index in [2.05, 4.69) is 0 Å². The zero-order chi connectivity index (χ0) is 19.6. The maximum absolute atomic E-state index is 13.1. The normalized spacial score (nSPS) is 15.7. The van der Waals surface area contributed by atoms with Crippen molar-refractivity contribution >= 4 is 21.7 Å². The van der Waals surface area contributed by atoms with Gasteiger partial charge in [-0.2, -0.15) is 4.31 Å². The number of hydrogen-bond donors (Lipinski definition) is 0. The lowest BCUT2D eigenvalue weighted by atomic mass is 10.2. The molecule has 9 heteroatoms. The van der Waals surface area contributed by atoms with Gasteiger partial charge in [0.15, 0.2) is 0 Å². The topological polar surface area (TPSA) is 71.8 Å². The van der Waals surface area contributed by atoms with Crippen molar-refractivity contribution < 1.29 is 22.3 Å². The molecule has 0 radical (unpaired) electrons. The largest absolute Gasteiger partial charge is 0.461 e. The molecule has 0 spiro atoms. The Morgan fingerprint density at radius 3 is 2.37 bits per heavy atom. The molecule has 0 saturated carbocycles. The summed E-state index contributed by atoms with van der Waals surface area (Å²) in [6, 6.07) is 7.49. The van der Waals surface area contributed by atoms with E-state index in [4.69, 9.17) is 4.74 Å². The van der Waals surface area contributed by atoms with Crippen molar-refractivity contribution in [2.45, 2.75) is 11.8 Å². The Morgan fingerprint density at radius 1 is 1.15 bits per heavy atom. The van der Waals surface area contributed by atoms with E-state index in [1.807, 2.05) is 4.90 Å². The number of aryl methyl sites for hydroxylation is 1. The van der Waals surface area contributed by atoms with Crippen molar-refractivity contribution in [1.82, 2.24) is 8.87 Å². The van der Waals surface area contributed by atoms with Gasteiger partial charge in [-0.3, -0.25) is 0 Å². The lowest BCUT2D eigenvalue weighted by Gasteiger charge is -2.35. The number of hydrogen-bond acceptors (Lipinski definition) is 5. The molecule has 1 saturated heterocycles. The number of nitrogens with zero attached hydrogens (tertiary/aromatic N) is 3. The number of carbonyl (C=O) groups excluding carboxylic acids is 1. The van der Waals surface area contributed by atoms with Crippen molar-refractivity contribution in [1.29, 1.82) is 0 Å². The van der Waals surface area contributed by atoms with Crippen molar-refractivity contribution in [3.63, 3.8) is 0 Å². The monoisotopic (exact) mass is 395 g/mol. The van der Waals surface area contributed by atoms with Crippen LogP contribution in [0.2, 0.25) is 0 Å². The van der Waals surface area contributed by atoms with Crippen LogP contribution in [0.3, 0.4) is 0 Å². The quantitative estimate of drug-likeness (QED) is 0.723. The maximum atomic E-state index is 13.1. The van der Waals surface area contributed by atoms with Crippen LogP contribution < -0.4 is 4.90 Å². The van der Waals surface area contributed by atoms with Crippen LogP contribution in [-0.2, 0) is 21.8 Å². The van der Waals surface area contributed by atoms with E-state index in [0.29, 0.717) is 26.2 Å². The number of anilines is 1. The van der Waals surface area contributed by atoms with Gasteiger partial charge in [0.1, 0.15) is 16.4 Å². The Hall–Kier alpha value is -2.39. The zero-order valence-corrected chi connectivity index (χ0v) is 16.1. The second-order valence-electron chi connectivity index (χ2n) is 6.26. The molecule has 1 aliphatic rings. The number of benzene rings is 1. The van der Waals surface area contributed by atoms with Gasteiger partial charge < -0.3 is 14.2 Å². The van der Waals surface area contributed by atoms with Crippen LogP contribution in [0.1, 0.15) is 17.4 Å². The van der Waals surface area contributed by atoms with Gasteiger partial charge in [-0.25, -0.2) is 17.6 Å². The molecule has 1 aliphatic heterocycles. The van der Waals surface area contributed by atoms with Gasteiger partial charge >= 0.3 is 5.97 Å². The van der Waals surface area contributed by atoms with Gasteiger partial charge in [-0.15, -0.1) is 0 Å². The molecule has 146 valence electrons. The Bertz CT molecular complexity index is 917. The van der Waals surface area contributed by atoms with Crippen molar-refractivity contribution in [3.05, 3.63) is 48.0 Å². The Labute approximate surface area is 158 Å². The minimum Gasteiger partial charge on any atom is -0.461 e. The Morgan fingerprint density at radius 2 is 1.78 bits per heavy atom. The highest BCUT2D eigenvalue weighted by Crippen LogP contribution is 2.23. The van der Waals surface area contributed by atoms with Gasteiger partial charge in [0.05, 0.1) is 6.61 Å². The number of aromatic nitrogens is 1. The molecule has 0 atom stereocenters. The zero-order valence-electron chi connectivity index (χ0n) is 15.3. The van der Waals surface area contributed by atoms with Crippen LogP contribution in [0.25, 0.3) is 0 Å². The molecule has 0 aliphatic carbocycles. The fourth-order valence-corrected chi connectivity index (χ4v) is 4.56. The average molecular weight is 395 g/mol. The van der Waals surface area contributed by atoms with Crippen LogP contribution in [0.5, 0.6) is 0 Å². The number of sulfonamides is 1. The molecule has 7 nitrogen and oxygen atoms in total. The highest BCUT2D eigenvalue weighted by molar-refractivity contribution is 7.89. The first-order valence-electron chi connectivity index (χ1n) is 8.67. The van der Waals surface area contributed by atoms with Crippen LogP contribution >= 0.6 is 0 Å². The van der Waals surface area contributed by atoms with Crippen LogP contribution in [-0.4, -0.2) is 56.0 Å². The van der Waals surface area contributed by atoms with Gasteiger partial charge in [0.25, 0.3) is 0 Å². The summed E-state index contributed by atoms with van der Waals surface area (Å²) in [7, 11) is -2.10. The van der Waals surface area contributed by atoms with E-state index in [-0.39, 0.29) is 23.0 Å². The Kier molecular flexibility index (Phi) is 5.52. The van der Waals surface area contributed by atoms with Crippen LogP contribution in [0, 0.1) is 5.82 Å². The lowest BCUT2D eigenvalue weighted by Crippen LogP contribution is -2.48. The number of ether oxygens (including phenoxy) is 1. The summed E-state index contributed by atoms with van der Waals surface area (Å²) in [6.45, 7) is 3.54. The van der Waals surface area contributed by atoms with E-state index in [0.717, 1.165) is 5.69 Å². The van der Waals surface area contributed by atoms with Gasteiger partial charge in [0, 0.05) is 45.1 Å². The van der Waals surface area contributed by atoms with E-state index in [1.54, 1.807) is 26.1 Å². The second-order valence-corrected chi connectivity index (χ2v) is 8.20. The third-order valence-corrected chi connectivity index (χ3v) is 6.40. The van der Waals surface area contributed by atoms with Crippen LogP contribution in [0.4, 0.5) is 10.1 Å². The minimum atomic E-state index is -3.71. The van der Waals surface area contributed by atoms with Crippen molar-refractivity contribution in [2.24, 2.45) is 7.05 Å². The van der Waals surface area contributed by atoms with Crippen LogP contribution in [0.15, 0.2) is 41.4 Å². The van der Waals surface area contributed by atoms with Gasteiger partial charge in [-0.1, -0.05) is 0 Å². The highest BCUT2D eigenvalue weighted by atomic mass is 32.2.